The summed E-state index contributed by atoms with van der Waals surface area (Å²) < 4.78 is 6.27. The number of hydrogen-bond donors (Lipinski definition) is 2. The first-order valence-corrected chi connectivity index (χ1v) is 10.6. The van der Waals surface area contributed by atoms with Crippen LogP contribution in [0.15, 0.2) is 60.7 Å². The molecule has 0 aliphatic carbocycles. The monoisotopic (exact) mass is 389 g/mol. The van der Waals surface area contributed by atoms with Crippen molar-refractivity contribution in [2.24, 2.45) is 0 Å². The quantitative estimate of drug-likeness (QED) is 0.576. The lowest BCUT2D eigenvalue weighted by Gasteiger charge is -2.27. The summed E-state index contributed by atoms with van der Waals surface area (Å²) in [5, 5.41) is 9.58. The van der Waals surface area contributed by atoms with Gasteiger partial charge >= 0.3 is 0 Å². The standard InChI is InChI=1S/C25H31N3O/c1-20-5-4-6-21(17-20)19-29-25-10-9-22-7-2-3-8-23(22)24(25)18-27-13-16-28-14-11-26-12-15-28/h2-10,17,26-27H,11-16,18-19H2,1H3. The Labute approximate surface area is 173 Å². The van der Waals surface area contributed by atoms with Crippen molar-refractivity contribution in [1.29, 1.82) is 0 Å². The average Bonchev–Trinajstić information content (AvgIpc) is 2.76. The van der Waals surface area contributed by atoms with Gasteiger partial charge in [0, 0.05) is 51.4 Å². The molecule has 0 bridgehead atoms. The molecular weight excluding hydrogens is 358 g/mol. The second kappa shape index (κ2) is 9.88. The molecule has 1 aliphatic rings. The van der Waals surface area contributed by atoms with Gasteiger partial charge in [-0.3, -0.25) is 4.90 Å². The number of hydrogen-bond acceptors (Lipinski definition) is 4. The predicted molar refractivity (Wildman–Crippen MR) is 120 cm³/mol. The highest BCUT2D eigenvalue weighted by molar-refractivity contribution is 5.87. The van der Waals surface area contributed by atoms with E-state index in [-0.39, 0.29) is 0 Å². The molecule has 2 N–H and O–H groups in total. The fourth-order valence-corrected chi connectivity index (χ4v) is 3.98. The largest absolute Gasteiger partial charge is 0.489 e. The molecule has 0 aromatic heterocycles. The summed E-state index contributed by atoms with van der Waals surface area (Å²) in [6.45, 7) is 10.1. The second-order valence-electron chi connectivity index (χ2n) is 7.81. The van der Waals surface area contributed by atoms with Crippen molar-refractivity contribution in [3.8, 4) is 5.75 Å². The third kappa shape index (κ3) is 5.36. The van der Waals surface area contributed by atoms with Crippen molar-refractivity contribution in [3.63, 3.8) is 0 Å². The van der Waals surface area contributed by atoms with E-state index >= 15 is 0 Å². The minimum atomic E-state index is 0.591. The van der Waals surface area contributed by atoms with Crippen molar-refractivity contribution >= 4 is 10.8 Å². The van der Waals surface area contributed by atoms with Crippen LogP contribution in [0.2, 0.25) is 0 Å². The van der Waals surface area contributed by atoms with Gasteiger partial charge in [0.15, 0.2) is 0 Å². The summed E-state index contributed by atoms with van der Waals surface area (Å²) in [6, 6.07) is 21.4. The topological polar surface area (TPSA) is 36.5 Å². The van der Waals surface area contributed by atoms with Crippen molar-refractivity contribution in [1.82, 2.24) is 15.5 Å². The van der Waals surface area contributed by atoms with Gasteiger partial charge in [0.1, 0.15) is 12.4 Å². The van der Waals surface area contributed by atoms with Crippen LogP contribution in [-0.2, 0) is 13.2 Å². The average molecular weight is 390 g/mol. The van der Waals surface area contributed by atoms with E-state index in [0.29, 0.717) is 6.61 Å². The second-order valence-corrected chi connectivity index (χ2v) is 7.81. The SMILES string of the molecule is Cc1cccc(COc2ccc3ccccc3c2CNCCN2CCNCC2)c1. The maximum Gasteiger partial charge on any atom is 0.124 e. The van der Waals surface area contributed by atoms with Gasteiger partial charge in [-0.25, -0.2) is 0 Å². The van der Waals surface area contributed by atoms with E-state index in [1.165, 1.54) is 27.5 Å². The molecule has 1 saturated heterocycles. The predicted octanol–water partition coefficient (Wildman–Crippen LogP) is 3.72. The molecule has 4 rings (SSSR count). The van der Waals surface area contributed by atoms with E-state index in [0.717, 1.165) is 51.6 Å². The van der Waals surface area contributed by atoms with Gasteiger partial charge in [0.2, 0.25) is 0 Å². The number of fused-ring (bicyclic) bond motifs is 1. The molecule has 1 heterocycles. The lowest BCUT2D eigenvalue weighted by Crippen LogP contribution is -2.45. The van der Waals surface area contributed by atoms with Crippen LogP contribution in [0.5, 0.6) is 5.75 Å². The van der Waals surface area contributed by atoms with Gasteiger partial charge in [-0.2, -0.15) is 0 Å². The highest BCUT2D eigenvalue weighted by atomic mass is 16.5. The molecule has 1 aliphatic heterocycles. The zero-order valence-electron chi connectivity index (χ0n) is 17.3. The van der Waals surface area contributed by atoms with Gasteiger partial charge in [0.05, 0.1) is 0 Å². The molecule has 0 unspecified atom stereocenters. The van der Waals surface area contributed by atoms with Crippen LogP contribution in [0.25, 0.3) is 10.8 Å². The first kappa shape index (κ1) is 19.9. The van der Waals surface area contributed by atoms with Crippen molar-refractivity contribution in [3.05, 3.63) is 77.4 Å². The maximum absolute atomic E-state index is 6.27. The molecule has 0 spiro atoms. The van der Waals surface area contributed by atoms with Gasteiger partial charge in [0.25, 0.3) is 0 Å². The van der Waals surface area contributed by atoms with Crippen LogP contribution in [0.3, 0.4) is 0 Å². The van der Waals surface area contributed by atoms with Crippen LogP contribution in [0.1, 0.15) is 16.7 Å². The summed E-state index contributed by atoms with van der Waals surface area (Å²) in [5.74, 6) is 0.972. The van der Waals surface area contributed by atoms with Crippen LogP contribution >= 0.6 is 0 Å². The van der Waals surface area contributed by atoms with E-state index < -0.39 is 0 Å². The molecule has 4 heteroatoms. The highest BCUT2D eigenvalue weighted by Gasteiger charge is 2.11. The van der Waals surface area contributed by atoms with E-state index in [4.69, 9.17) is 4.74 Å². The third-order valence-corrected chi connectivity index (χ3v) is 5.59. The Morgan fingerprint density at radius 1 is 1.00 bits per heavy atom. The fourth-order valence-electron chi connectivity index (χ4n) is 3.98. The molecule has 3 aromatic rings. The number of piperazine rings is 1. The Morgan fingerprint density at radius 2 is 1.86 bits per heavy atom. The minimum Gasteiger partial charge on any atom is -0.489 e. The molecule has 4 nitrogen and oxygen atoms in total. The number of nitrogens with one attached hydrogen (secondary N) is 2. The molecule has 3 aromatic carbocycles. The number of nitrogens with zero attached hydrogens (tertiary/aromatic N) is 1. The van der Waals surface area contributed by atoms with Crippen LogP contribution in [0.4, 0.5) is 0 Å². The van der Waals surface area contributed by atoms with E-state index in [1.54, 1.807) is 0 Å². The van der Waals surface area contributed by atoms with Crippen molar-refractivity contribution in [2.75, 3.05) is 39.3 Å². The van der Waals surface area contributed by atoms with Crippen LogP contribution < -0.4 is 15.4 Å². The first-order chi connectivity index (χ1) is 14.3. The van der Waals surface area contributed by atoms with E-state index in [9.17, 15) is 0 Å². The molecular formula is C25H31N3O. The van der Waals surface area contributed by atoms with E-state index in [2.05, 4.69) is 83.1 Å². The summed E-state index contributed by atoms with van der Waals surface area (Å²) in [5.41, 5.74) is 3.71. The van der Waals surface area contributed by atoms with E-state index in [1.807, 2.05) is 0 Å². The first-order valence-electron chi connectivity index (χ1n) is 10.6. The van der Waals surface area contributed by atoms with Crippen LogP contribution in [-0.4, -0.2) is 44.2 Å². The maximum atomic E-state index is 6.27. The number of rotatable bonds is 8. The molecule has 0 amide bonds. The number of benzene rings is 3. The summed E-state index contributed by atoms with van der Waals surface area (Å²) in [7, 11) is 0. The summed E-state index contributed by atoms with van der Waals surface area (Å²) >= 11 is 0. The minimum absolute atomic E-state index is 0.591. The zero-order chi connectivity index (χ0) is 19.9. The lowest BCUT2D eigenvalue weighted by atomic mass is 10.0. The van der Waals surface area contributed by atoms with Crippen LogP contribution in [0, 0.1) is 6.92 Å². The Balaban J connectivity index is 1.45. The summed E-state index contributed by atoms with van der Waals surface area (Å²) in [4.78, 5) is 2.52. The Kier molecular flexibility index (Phi) is 6.78. The van der Waals surface area contributed by atoms with Gasteiger partial charge in [-0.05, 0) is 29.3 Å². The highest BCUT2D eigenvalue weighted by Crippen LogP contribution is 2.28. The van der Waals surface area contributed by atoms with Gasteiger partial charge in [-0.1, -0.05) is 60.2 Å². The van der Waals surface area contributed by atoms with Crippen molar-refractivity contribution < 1.29 is 4.74 Å². The number of ether oxygens (including phenoxy) is 1. The van der Waals surface area contributed by atoms with Gasteiger partial charge in [-0.15, -0.1) is 0 Å². The Morgan fingerprint density at radius 3 is 2.72 bits per heavy atom. The molecule has 0 saturated carbocycles. The molecule has 0 atom stereocenters. The number of aryl methyl sites for hydroxylation is 1. The van der Waals surface area contributed by atoms with Gasteiger partial charge < -0.3 is 15.4 Å². The third-order valence-electron chi connectivity index (χ3n) is 5.59. The zero-order valence-corrected chi connectivity index (χ0v) is 17.3. The Hall–Kier alpha value is -2.40. The smallest absolute Gasteiger partial charge is 0.124 e. The van der Waals surface area contributed by atoms with Crippen molar-refractivity contribution in [2.45, 2.75) is 20.1 Å². The fraction of sp³-hybridized carbons (Fsp3) is 0.360. The molecule has 152 valence electrons. The molecule has 29 heavy (non-hydrogen) atoms. The lowest BCUT2D eigenvalue weighted by molar-refractivity contribution is 0.240. The summed E-state index contributed by atoms with van der Waals surface area (Å²) in [6.07, 6.45) is 0. The molecule has 1 fully saturated rings. The molecule has 0 radical (unpaired) electrons. The Bertz CT molecular complexity index is 934. The normalized spacial score (nSPS) is 14.9.